The molecule has 26 heavy (non-hydrogen) atoms. The Balaban J connectivity index is 1.59. The van der Waals surface area contributed by atoms with Crippen LogP contribution in [-0.2, 0) is 18.0 Å². The van der Waals surface area contributed by atoms with Crippen molar-refractivity contribution in [1.82, 2.24) is 10.5 Å². The SMILES string of the molecule is O=C(NOCc1ccccc1F)c1ccccc1NCc1ccncc1. The number of pyridine rings is 1. The first-order valence-electron chi connectivity index (χ1n) is 8.11. The zero-order valence-electron chi connectivity index (χ0n) is 14.0. The number of halogens is 1. The first kappa shape index (κ1) is 17.6. The molecule has 2 aromatic carbocycles. The van der Waals surface area contributed by atoms with Gasteiger partial charge in [-0.15, -0.1) is 0 Å². The molecule has 0 unspecified atom stereocenters. The average Bonchev–Trinajstić information content (AvgIpc) is 2.69. The molecular formula is C20H18FN3O2. The van der Waals surface area contributed by atoms with Crippen molar-refractivity contribution in [3.8, 4) is 0 Å². The van der Waals surface area contributed by atoms with Crippen molar-refractivity contribution in [2.75, 3.05) is 5.32 Å². The van der Waals surface area contributed by atoms with E-state index in [1.165, 1.54) is 6.07 Å². The van der Waals surface area contributed by atoms with E-state index in [1.54, 1.807) is 42.7 Å². The van der Waals surface area contributed by atoms with Gasteiger partial charge >= 0.3 is 0 Å². The maximum atomic E-state index is 13.6. The molecule has 0 bridgehead atoms. The van der Waals surface area contributed by atoms with Crippen molar-refractivity contribution in [3.05, 3.63) is 95.6 Å². The summed E-state index contributed by atoms with van der Waals surface area (Å²) < 4.78 is 13.6. The first-order valence-corrected chi connectivity index (χ1v) is 8.11. The lowest BCUT2D eigenvalue weighted by Gasteiger charge is -2.12. The predicted molar refractivity (Wildman–Crippen MR) is 96.7 cm³/mol. The molecule has 0 aliphatic carbocycles. The third-order valence-corrected chi connectivity index (χ3v) is 3.75. The number of amides is 1. The molecule has 0 spiro atoms. The lowest BCUT2D eigenvalue weighted by molar-refractivity contribution is 0.0224. The third kappa shape index (κ3) is 4.64. The Morgan fingerprint density at radius 3 is 2.54 bits per heavy atom. The largest absolute Gasteiger partial charge is 0.380 e. The van der Waals surface area contributed by atoms with E-state index in [4.69, 9.17) is 4.84 Å². The molecule has 1 amide bonds. The molecule has 0 fully saturated rings. The van der Waals surface area contributed by atoms with Gasteiger partial charge in [0.2, 0.25) is 0 Å². The van der Waals surface area contributed by atoms with Gasteiger partial charge in [-0.25, -0.2) is 9.87 Å². The summed E-state index contributed by atoms with van der Waals surface area (Å²) in [5.74, 6) is -0.777. The molecule has 0 atom stereocenters. The van der Waals surface area contributed by atoms with Gasteiger partial charge in [0.1, 0.15) is 12.4 Å². The van der Waals surface area contributed by atoms with Crippen LogP contribution >= 0.6 is 0 Å². The summed E-state index contributed by atoms with van der Waals surface area (Å²) in [5.41, 5.74) is 4.89. The molecule has 5 nitrogen and oxygen atoms in total. The minimum absolute atomic E-state index is 0.0506. The van der Waals surface area contributed by atoms with Crippen LogP contribution in [0.3, 0.4) is 0 Å². The van der Waals surface area contributed by atoms with Crippen LogP contribution in [0, 0.1) is 5.82 Å². The molecule has 1 heterocycles. The van der Waals surface area contributed by atoms with Crippen LogP contribution in [0.25, 0.3) is 0 Å². The Kier molecular flexibility index (Phi) is 5.90. The number of hydrogen-bond donors (Lipinski definition) is 2. The van der Waals surface area contributed by atoms with Crippen LogP contribution in [0.4, 0.5) is 10.1 Å². The van der Waals surface area contributed by atoms with Crippen molar-refractivity contribution in [2.45, 2.75) is 13.2 Å². The van der Waals surface area contributed by atoms with E-state index in [0.29, 0.717) is 23.4 Å². The molecule has 0 radical (unpaired) electrons. The topological polar surface area (TPSA) is 63.2 Å². The second kappa shape index (κ2) is 8.73. The van der Waals surface area contributed by atoms with Crippen LogP contribution in [0.15, 0.2) is 73.1 Å². The van der Waals surface area contributed by atoms with Crippen LogP contribution in [0.5, 0.6) is 0 Å². The Morgan fingerprint density at radius 2 is 1.73 bits per heavy atom. The molecular weight excluding hydrogens is 333 g/mol. The summed E-state index contributed by atoms with van der Waals surface area (Å²) >= 11 is 0. The van der Waals surface area contributed by atoms with Crippen molar-refractivity contribution in [1.29, 1.82) is 0 Å². The summed E-state index contributed by atoms with van der Waals surface area (Å²) in [5, 5.41) is 3.22. The lowest BCUT2D eigenvalue weighted by Crippen LogP contribution is -2.24. The van der Waals surface area contributed by atoms with Gasteiger partial charge in [-0.3, -0.25) is 14.6 Å². The number of hydrogen-bond acceptors (Lipinski definition) is 4. The van der Waals surface area contributed by atoms with Gasteiger partial charge in [0.15, 0.2) is 0 Å². The van der Waals surface area contributed by atoms with Crippen molar-refractivity contribution in [3.63, 3.8) is 0 Å². The third-order valence-electron chi connectivity index (χ3n) is 3.75. The van der Waals surface area contributed by atoms with E-state index in [1.807, 2.05) is 24.3 Å². The van der Waals surface area contributed by atoms with Crippen molar-refractivity contribution < 1.29 is 14.0 Å². The van der Waals surface area contributed by atoms with E-state index in [-0.39, 0.29) is 12.4 Å². The van der Waals surface area contributed by atoms with Gasteiger partial charge < -0.3 is 5.32 Å². The zero-order chi connectivity index (χ0) is 18.2. The van der Waals surface area contributed by atoms with Crippen molar-refractivity contribution >= 4 is 11.6 Å². The van der Waals surface area contributed by atoms with E-state index in [0.717, 1.165) is 5.56 Å². The zero-order valence-corrected chi connectivity index (χ0v) is 14.0. The van der Waals surface area contributed by atoms with Gasteiger partial charge in [-0.05, 0) is 35.9 Å². The van der Waals surface area contributed by atoms with Gasteiger partial charge in [0.25, 0.3) is 5.91 Å². The number of carbonyl (C=O) groups excluding carboxylic acids is 1. The van der Waals surface area contributed by atoms with Crippen LogP contribution in [0.1, 0.15) is 21.5 Å². The molecule has 3 rings (SSSR count). The quantitative estimate of drug-likeness (QED) is 0.637. The smallest absolute Gasteiger partial charge is 0.276 e. The number of anilines is 1. The summed E-state index contributed by atoms with van der Waals surface area (Å²) in [6.07, 6.45) is 3.43. The maximum absolute atomic E-state index is 13.6. The first-order chi connectivity index (χ1) is 12.7. The second-order valence-corrected chi connectivity index (χ2v) is 5.57. The van der Waals surface area contributed by atoms with Gasteiger partial charge in [0.05, 0.1) is 5.56 Å². The Labute approximate surface area is 150 Å². The normalized spacial score (nSPS) is 10.3. The van der Waals surface area contributed by atoms with Crippen LogP contribution in [-0.4, -0.2) is 10.9 Å². The highest BCUT2D eigenvalue weighted by Gasteiger charge is 2.11. The minimum Gasteiger partial charge on any atom is -0.380 e. The molecule has 3 aromatic rings. The molecule has 6 heteroatoms. The number of nitrogens with one attached hydrogen (secondary N) is 2. The molecule has 2 N–H and O–H groups in total. The maximum Gasteiger partial charge on any atom is 0.276 e. The fourth-order valence-electron chi connectivity index (χ4n) is 2.38. The highest BCUT2D eigenvalue weighted by molar-refractivity contribution is 5.98. The number of nitrogens with zero attached hydrogens (tertiary/aromatic N) is 1. The van der Waals surface area contributed by atoms with Crippen LogP contribution < -0.4 is 10.8 Å². The highest BCUT2D eigenvalue weighted by Crippen LogP contribution is 2.16. The number of carbonyl (C=O) groups is 1. The monoisotopic (exact) mass is 351 g/mol. The highest BCUT2D eigenvalue weighted by atomic mass is 19.1. The van der Waals surface area contributed by atoms with Gasteiger partial charge in [0, 0.05) is 30.2 Å². The molecule has 0 aliphatic heterocycles. The van der Waals surface area contributed by atoms with Crippen molar-refractivity contribution in [2.24, 2.45) is 0 Å². The van der Waals surface area contributed by atoms with Gasteiger partial charge in [-0.2, -0.15) is 0 Å². The minimum atomic E-state index is -0.404. The summed E-state index contributed by atoms with van der Waals surface area (Å²) in [7, 11) is 0. The second-order valence-electron chi connectivity index (χ2n) is 5.57. The number of hydroxylamine groups is 1. The number of rotatable bonds is 7. The number of para-hydroxylation sites is 1. The Bertz CT molecular complexity index is 872. The Hall–Kier alpha value is -3.25. The summed E-state index contributed by atoms with van der Waals surface area (Å²) in [4.78, 5) is 21.5. The predicted octanol–water partition coefficient (Wildman–Crippen LogP) is 3.69. The molecule has 1 aromatic heterocycles. The van der Waals surface area contributed by atoms with Crippen LogP contribution in [0.2, 0.25) is 0 Å². The molecule has 0 saturated heterocycles. The van der Waals surface area contributed by atoms with E-state index in [9.17, 15) is 9.18 Å². The van der Waals surface area contributed by atoms with E-state index >= 15 is 0 Å². The Morgan fingerprint density at radius 1 is 1.00 bits per heavy atom. The summed E-state index contributed by atoms with van der Waals surface area (Å²) in [6, 6.07) is 17.2. The van der Waals surface area contributed by atoms with E-state index in [2.05, 4.69) is 15.8 Å². The molecule has 0 saturated carbocycles. The fraction of sp³-hybridized carbons (Fsp3) is 0.100. The molecule has 132 valence electrons. The molecule has 0 aliphatic rings. The van der Waals surface area contributed by atoms with Gasteiger partial charge in [-0.1, -0.05) is 30.3 Å². The fourth-order valence-corrected chi connectivity index (χ4v) is 2.38. The number of benzene rings is 2. The lowest BCUT2D eigenvalue weighted by atomic mass is 10.1. The standard InChI is InChI=1S/C20H18FN3O2/c21-18-7-3-1-5-16(18)14-26-24-20(25)17-6-2-4-8-19(17)23-13-15-9-11-22-12-10-15/h1-12,23H,13-14H2,(H,24,25). The van der Waals surface area contributed by atoms with E-state index < -0.39 is 5.91 Å². The average molecular weight is 351 g/mol. The summed E-state index contributed by atoms with van der Waals surface area (Å²) in [6.45, 7) is 0.508. The number of aromatic nitrogens is 1.